The molecule has 0 aliphatic heterocycles. The predicted molar refractivity (Wildman–Crippen MR) is 152 cm³/mol. The first-order valence-electron chi connectivity index (χ1n) is 12.7. The van der Waals surface area contributed by atoms with Gasteiger partial charge in [-0.2, -0.15) is 0 Å². The zero-order chi connectivity index (χ0) is 27.7. The molecule has 0 aliphatic carbocycles. The summed E-state index contributed by atoms with van der Waals surface area (Å²) in [7, 11) is -3.78. The van der Waals surface area contributed by atoms with Crippen molar-refractivity contribution in [3.05, 3.63) is 102 Å². The lowest BCUT2D eigenvalue weighted by Crippen LogP contribution is -2.53. The number of carbonyl (C=O) groups is 2. The standard InChI is InChI=1S/C30H37N3O4S/c1-23(2)20-31-30(35)28(19-25-13-7-5-8-14-25)32(21-26-15-9-6-10-16-26)29(34)22-33(38(4,36)37)27-17-11-12-24(3)18-27/h5-18,23,28H,19-22H2,1-4H3,(H,31,35)/t28-/m1/s1. The average Bonchev–Trinajstić information content (AvgIpc) is 2.88. The maximum Gasteiger partial charge on any atom is 0.244 e. The second-order valence-electron chi connectivity index (χ2n) is 9.96. The molecule has 0 unspecified atom stereocenters. The summed E-state index contributed by atoms with van der Waals surface area (Å²) in [6.45, 7) is 6.09. The third-order valence-electron chi connectivity index (χ3n) is 6.12. The Balaban J connectivity index is 2.02. The van der Waals surface area contributed by atoms with E-state index in [0.717, 1.165) is 27.3 Å². The minimum absolute atomic E-state index is 0.164. The zero-order valence-electron chi connectivity index (χ0n) is 22.5. The summed E-state index contributed by atoms with van der Waals surface area (Å²) >= 11 is 0. The Morgan fingerprint density at radius 1 is 0.868 bits per heavy atom. The fourth-order valence-electron chi connectivity index (χ4n) is 4.15. The highest BCUT2D eigenvalue weighted by Crippen LogP contribution is 2.21. The second kappa shape index (κ2) is 13.2. The van der Waals surface area contributed by atoms with E-state index >= 15 is 0 Å². The molecule has 0 radical (unpaired) electrons. The number of aryl methyl sites for hydroxylation is 1. The molecular formula is C30H37N3O4S. The molecule has 2 amide bonds. The number of benzene rings is 3. The quantitative estimate of drug-likeness (QED) is 0.377. The van der Waals surface area contributed by atoms with E-state index in [1.807, 2.05) is 87.5 Å². The van der Waals surface area contributed by atoms with Gasteiger partial charge >= 0.3 is 0 Å². The van der Waals surface area contributed by atoms with E-state index in [1.165, 1.54) is 4.90 Å². The highest BCUT2D eigenvalue weighted by molar-refractivity contribution is 7.92. The lowest BCUT2D eigenvalue weighted by molar-refractivity contribution is -0.140. The lowest BCUT2D eigenvalue weighted by Gasteiger charge is -2.33. The molecule has 7 nitrogen and oxygen atoms in total. The molecule has 0 spiro atoms. The van der Waals surface area contributed by atoms with E-state index in [-0.39, 0.29) is 18.4 Å². The molecule has 0 aliphatic rings. The molecule has 0 bridgehead atoms. The first-order chi connectivity index (χ1) is 18.0. The molecule has 8 heteroatoms. The van der Waals surface area contributed by atoms with E-state index in [0.29, 0.717) is 18.7 Å². The normalized spacial score (nSPS) is 12.1. The number of nitrogens with zero attached hydrogens (tertiary/aromatic N) is 2. The van der Waals surface area contributed by atoms with Crippen LogP contribution >= 0.6 is 0 Å². The van der Waals surface area contributed by atoms with Gasteiger partial charge in [0.25, 0.3) is 0 Å². The van der Waals surface area contributed by atoms with Crippen LogP contribution in [-0.2, 0) is 32.6 Å². The van der Waals surface area contributed by atoms with Crippen molar-refractivity contribution in [2.75, 3.05) is 23.7 Å². The van der Waals surface area contributed by atoms with Gasteiger partial charge < -0.3 is 10.2 Å². The maximum absolute atomic E-state index is 14.0. The van der Waals surface area contributed by atoms with Crippen molar-refractivity contribution in [2.45, 2.75) is 39.8 Å². The van der Waals surface area contributed by atoms with Crippen molar-refractivity contribution in [3.63, 3.8) is 0 Å². The third kappa shape index (κ3) is 8.45. The van der Waals surface area contributed by atoms with Crippen LogP contribution < -0.4 is 9.62 Å². The number of anilines is 1. The minimum Gasteiger partial charge on any atom is -0.354 e. The van der Waals surface area contributed by atoms with Crippen molar-refractivity contribution in [3.8, 4) is 0 Å². The van der Waals surface area contributed by atoms with Crippen LogP contribution in [0.25, 0.3) is 0 Å². The number of sulfonamides is 1. The molecule has 3 aromatic rings. The molecule has 0 fully saturated rings. The van der Waals surface area contributed by atoms with Crippen molar-refractivity contribution >= 4 is 27.5 Å². The molecule has 0 saturated heterocycles. The monoisotopic (exact) mass is 535 g/mol. The number of rotatable bonds is 12. The minimum atomic E-state index is -3.78. The highest BCUT2D eigenvalue weighted by atomic mass is 32.2. The van der Waals surface area contributed by atoms with Crippen LogP contribution in [0.15, 0.2) is 84.9 Å². The van der Waals surface area contributed by atoms with Gasteiger partial charge in [0, 0.05) is 19.5 Å². The fourth-order valence-corrected chi connectivity index (χ4v) is 4.99. The Morgan fingerprint density at radius 3 is 2.03 bits per heavy atom. The van der Waals surface area contributed by atoms with Gasteiger partial charge in [-0.3, -0.25) is 13.9 Å². The number of hydrogen-bond donors (Lipinski definition) is 1. The summed E-state index contributed by atoms with van der Waals surface area (Å²) in [6, 6.07) is 25.1. The van der Waals surface area contributed by atoms with Gasteiger partial charge in [-0.05, 0) is 41.7 Å². The Bertz CT molecular complexity index is 1310. The molecule has 0 aromatic heterocycles. The first kappa shape index (κ1) is 28.9. The molecule has 0 saturated carbocycles. The van der Waals surface area contributed by atoms with Crippen LogP contribution in [0.3, 0.4) is 0 Å². The lowest BCUT2D eigenvalue weighted by atomic mass is 10.0. The maximum atomic E-state index is 14.0. The highest BCUT2D eigenvalue weighted by Gasteiger charge is 2.33. The second-order valence-corrected chi connectivity index (χ2v) is 11.9. The van der Waals surface area contributed by atoms with Gasteiger partial charge in [0.15, 0.2) is 0 Å². The molecule has 1 N–H and O–H groups in total. The molecule has 0 heterocycles. The summed E-state index contributed by atoms with van der Waals surface area (Å²) in [6.07, 6.45) is 1.38. The van der Waals surface area contributed by atoms with Gasteiger partial charge in [-0.25, -0.2) is 8.42 Å². The molecule has 202 valence electrons. The van der Waals surface area contributed by atoms with Gasteiger partial charge in [-0.15, -0.1) is 0 Å². The van der Waals surface area contributed by atoms with Crippen LogP contribution in [0.5, 0.6) is 0 Å². The van der Waals surface area contributed by atoms with E-state index in [9.17, 15) is 18.0 Å². The predicted octanol–water partition coefficient (Wildman–Crippen LogP) is 4.17. The fraction of sp³-hybridized carbons (Fsp3) is 0.333. The first-order valence-corrected chi connectivity index (χ1v) is 14.6. The number of nitrogens with one attached hydrogen (secondary N) is 1. The van der Waals surface area contributed by atoms with E-state index < -0.39 is 28.5 Å². The van der Waals surface area contributed by atoms with E-state index in [4.69, 9.17) is 0 Å². The Hall–Kier alpha value is -3.65. The zero-order valence-corrected chi connectivity index (χ0v) is 23.3. The summed E-state index contributed by atoms with van der Waals surface area (Å²) in [5.41, 5.74) is 3.03. The van der Waals surface area contributed by atoms with Gasteiger partial charge in [0.1, 0.15) is 12.6 Å². The third-order valence-corrected chi connectivity index (χ3v) is 7.26. The van der Waals surface area contributed by atoms with Crippen LogP contribution in [-0.4, -0.2) is 50.5 Å². The topological polar surface area (TPSA) is 86.8 Å². The smallest absolute Gasteiger partial charge is 0.244 e. The van der Waals surface area contributed by atoms with Crippen LogP contribution in [0.2, 0.25) is 0 Å². The van der Waals surface area contributed by atoms with Crippen LogP contribution in [0.1, 0.15) is 30.5 Å². The number of carbonyl (C=O) groups excluding carboxylic acids is 2. The Labute approximate surface area is 226 Å². The van der Waals surface area contributed by atoms with Crippen molar-refractivity contribution in [1.82, 2.24) is 10.2 Å². The summed E-state index contributed by atoms with van der Waals surface area (Å²) in [4.78, 5) is 29.0. The van der Waals surface area contributed by atoms with Crippen LogP contribution in [0, 0.1) is 12.8 Å². The summed E-state index contributed by atoms with van der Waals surface area (Å²) < 4.78 is 26.7. The Kier molecular flexibility index (Phi) is 10.1. The van der Waals surface area contributed by atoms with Gasteiger partial charge in [-0.1, -0.05) is 86.6 Å². The molecule has 1 atom stereocenters. The molecular weight excluding hydrogens is 498 g/mol. The van der Waals surface area contributed by atoms with Crippen LogP contribution in [0.4, 0.5) is 5.69 Å². The summed E-state index contributed by atoms with van der Waals surface area (Å²) in [5.74, 6) is -0.494. The van der Waals surface area contributed by atoms with Crippen molar-refractivity contribution in [2.24, 2.45) is 5.92 Å². The van der Waals surface area contributed by atoms with Gasteiger partial charge in [0.2, 0.25) is 21.8 Å². The molecule has 3 aromatic carbocycles. The van der Waals surface area contributed by atoms with E-state index in [1.54, 1.807) is 18.2 Å². The van der Waals surface area contributed by atoms with Gasteiger partial charge in [0.05, 0.1) is 11.9 Å². The largest absolute Gasteiger partial charge is 0.354 e. The molecule has 38 heavy (non-hydrogen) atoms. The number of amides is 2. The Morgan fingerprint density at radius 2 is 1.47 bits per heavy atom. The number of hydrogen-bond acceptors (Lipinski definition) is 4. The van der Waals surface area contributed by atoms with E-state index in [2.05, 4.69) is 5.32 Å². The van der Waals surface area contributed by atoms with Crippen molar-refractivity contribution in [1.29, 1.82) is 0 Å². The molecule has 3 rings (SSSR count). The summed E-state index contributed by atoms with van der Waals surface area (Å²) in [5, 5.41) is 2.98. The van der Waals surface area contributed by atoms with Crippen molar-refractivity contribution < 1.29 is 18.0 Å². The average molecular weight is 536 g/mol. The SMILES string of the molecule is Cc1cccc(N(CC(=O)N(Cc2ccccc2)[C@H](Cc2ccccc2)C(=O)NCC(C)C)S(C)(=O)=O)c1.